The van der Waals surface area contributed by atoms with Crippen LogP contribution in [0.3, 0.4) is 0 Å². The number of benzene rings is 1. The molecule has 0 radical (unpaired) electrons. The molecule has 2 atom stereocenters. The average Bonchev–Trinajstić information content (AvgIpc) is 3.21. The summed E-state index contributed by atoms with van der Waals surface area (Å²) < 4.78 is 0. The van der Waals surface area contributed by atoms with Crippen LogP contribution < -0.4 is 10.6 Å². The Morgan fingerprint density at radius 2 is 1.80 bits per heavy atom. The van der Waals surface area contributed by atoms with Crippen LogP contribution in [-0.2, 0) is 22.7 Å². The van der Waals surface area contributed by atoms with Gasteiger partial charge in [-0.1, -0.05) is 18.6 Å². The van der Waals surface area contributed by atoms with E-state index in [1.54, 1.807) is 4.90 Å². The predicted octanol–water partition coefficient (Wildman–Crippen LogP) is 1.74. The summed E-state index contributed by atoms with van der Waals surface area (Å²) in [5.41, 5.74) is 2.93. The van der Waals surface area contributed by atoms with Crippen LogP contribution in [0, 0.1) is 5.92 Å². The number of nitrogens with one attached hydrogen (secondary N) is 2. The van der Waals surface area contributed by atoms with Gasteiger partial charge in [0.1, 0.15) is 6.04 Å². The molecule has 3 fully saturated rings. The molecule has 35 heavy (non-hydrogen) atoms. The van der Waals surface area contributed by atoms with Crippen LogP contribution in [0.1, 0.15) is 66.4 Å². The van der Waals surface area contributed by atoms with Crippen molar-refractivity contribution in [3.8, 4) is 0 Å². The molecule has 4 aliphatic rings. The van der Waals surface area contributed by atoms with Crippen LogP contribution >= 0.6 is 0 Å². The molecule has 5 rings (SSSR count). The zero-order valence-corrected chi connectivity index (χ0v) is 20.8. The summed E-state index contributed by atoms with van der Waals surface area (Å²) in [5.74, 6) is 0.184. The molecule has 0 aliphatic carbocycles. The molecule has 8 heteroatoms. The van der Waals surface area contributed by atoms with Crippen molar-refractivity contribution in [3.63, 3.8) is 0 Å². The molecular weight excluding hydrogens is 442 g/mol. The van der Waals surface area contributed by atoms with Gasteiger partial charge in [0.2, 0.25) is 11.8 Å². The Kier molecular flexibility index (Phi) is 7.80. The Morgan fingerprint density at radius 3 is 2.57 bits per heavy atom. The number of carbonyl (C=O) groups is 3. The Hall–Kier alpha value is -2.29. The number of fused-ring (bicyclic) bond motifs is 1. The second kappa shape index (κ2) is 11.2. The van der Waals surface area contributed by atoms with E-state index in [0.717, 1.165) is 44.2 Å². The van der Waals surface area contributed by atoms with Gasteiger partial charge in [0, 0.05) is 51.3 Å². The lowest BCUT2D eigenvalue weighted by atomic mass is 9.94. The Morgan fingerprint density at radius 1 is 0.971 bits per heavy atom. The van der Waals surface area contributed by atoms with Gasteiger partial charge in [0.05, 0.1) is 0 Å². The Balaban J connectivity index is 1.09. The second-order valence-electron chi connectivity index (χ2n) is 10.7. The van der Waals surface area contributed by atoms with Crippen molar-refractivity contribution in [1.29, 1.82) is 0 Å². The molecule has 1 aromatic rings. The predicted molar refractivity (Wildman–Crippen MR) is 134 cm³/mol. The van der Waals surface area contributed by atoms with E-state index in [2.05, 4.69) is 26.5 Å². The topological polar surface area (TPSA) is 85.0 Å². The van der Waals surface area contributed by atoms with E-state index in [9.17, 15) is 14.4 Å². The van der Waals surface area contributed by atoms with Crippen molar-refractivity contribution in [3.05, 3.63) is 34.9 Å². The first kappa shape index (κ1) is 24.4. The molecule has 8 nitrogen and oxygen atoms in total. The molecule has 1 aromatic carbocycles. The molecule has 3 amide bonds. The van der Waals surface area contributed by atoms with Crippen LogP contribution in [-0.4, -0.2) is 84.3 Å². The van der Waals surface area contributed by atoms with Crippen LogP contribution in [0.25, 0.3) is 0 Å². The maximum absolute atomic E-state index is 13.1. The first-order chi connectivity index (χ1) is 17.1. The summed E-state index contributed by atoms with van der Waals surface area (Å²) in [6, 6.07) is 5.39. The smallest absolute Gasteiger partial charge is 0.255 e. The summed E-state index contributed by atoms with van der Waals surface area (Å²) in [4.78, 5) is 43.7. The number of rotatable bonds is 8. The number of hydrogen-bond acceptors (Lipinski definition) is 6. The molecule has 0 bridgehead atoms. The van der Waals surface area contributed by atoms with Gasteiger partial charge in [-0.2, -0.15) is 0 Å². The van der Waals surface area contributed by atoms with E-state index in [1.165, 1.54) is 57.3 Å². The summed E-state index contributed by atoms with van der Waals surface area (Å²) in [6.45, 7) is 9.17. The highest BCUT2D eigenvalue weighted by Gasteiger charge is 2.39. The van der Waals surface area contributed by atoms with Crippen molar-refractivity contribution in [2.24, 2.45) is 5.92 Å². The van der Waals surface area contributed by atoms with Gasteiger partial charge in [-0.3, -0.25) is 24.6 Å². The molecule has 2 unspecified atom stereocenters. The van der Waals surface area contributed by atoms with E-state index < -0.39 is 6.04 Å². The molecule has 2 N–H and O–H groups in total. The maximum atomic E-state index is 13.1. The summed E-state index contributed by atoms with van der Waals surface area (Å²) in [6.07, 6.45) is 7.40. The van der Waals surface area contributed by atoms with Gasteiger partial charge in [-0.05, 0) is 74.8 Å². The normalized spacial score (nSPS) is 26.2. The van der Waals surface area contributed by atoms with Crippen molar-refractivity contribution in [2.75, 3.05) is 45.8 Å². The average molecular weight is 482 g/mol. The Labute approximate surface area is 208 Å². The lowest BCUT2D eigenvalue weighted by Gasteiger charge is -2.35. The number of imide groups is 1. The number of carbonyl (C=O) groups excluding carboxylic acids is 3. The SMILES string of the molecule is O=C1CCC(N2Cc3c(CN4CCN(CCCCC5CCCNC5)CC4)cccc3C2=O)C(=O)N1. The number of piperidine rings is 2. The minimum atomic E-state index is -0.557. The van der Waals surface area contributed by atoms with Crippen LogP contribution in [0.4, 0.5) is 0 Å². The van der Waals surface area contributed by atoms with E-state index >= 15 is 0 Å². The fourth-order valence-corrected chi connectivity index (χ4v) is 6.15. The van der Waals surface area contributed by atoms with Gasteiger partial charge in [-0.25, -0.2) is 0 Å². The maximum Gasteiger partial charge on any atom is 0.255 e. The second-order valence-corrected chi connectivity index (χ2v) is 10.7. The van der Waals surface area contributed by atoms with Crippen molar-refractivity contribution >= 4 is 17.7 Å². The number of piperazine rings is 1. The first-order valence-corrected chi connectivity index (χ1v) is 13.5. The highest BCUT2D eigenvalue weighted by molar-refractivity contribution is 6.05. The van der Waals surface area contributed by atoms with Crippen LogP contribution in [0.5, 0.6) is 0 Å². The highest BCUT2D eigenvalue weighted by Crippen LogP contribution is 2.30. The van der Waals surface area contributed by atoms with Crippen molar-refractivity contribution in [1.82, 2.24) is 25.3 Å². The van der Waals surface area contributed by atoms with E-state index in [4.69, 9.17) is 0 Å². The third-order valence-electron chi connectivity index (χ3n) is 8.27. The highest BCUT2D eigenvalue weighted by atomic mass is 16.2. The van der Waals surface area contributed by atoms with E-state index in [-0.39, 0.29) is 24.1 Å². The lowest BCUT2D eigenvalue weighted by Crippen LogP contribution is -2.52. The standard InChI is InChI=1S/C27H39N5O3/c33-25-10-9-24(26(34)29-25)32-19-23-21(7-3-8-22(23)27(32)35)18-31-15-13-30(14-16-31)12-2-1-5-20-6-4-11-28-17-20/h3,7-8,20,24,28H,1-2,4-6,9-19H2,(H,29,33,34). The zero-order chi connectivity index (χ0) is 24.2. The van der Waals surface area contributed by atoms with Gasteiger partial charge in [0.15, 0.2) is 0 Å². The van der Waals surface area contributed by atoms with Gasteiger partial charge < -0.3 is 15.1 Å². The van der Waals surface area contributed by atoms with Crippen molar-refractivity contribution < 1.29 is 14.4 Å². The van der Waals surface area contributed by atoms with Crippen molar-refractivity contribution in [2.45, 2.75) is 64.1 Å². The minimum absolute atomic E-state index is 0.0924. The zero-order valence-electron chi connectivity index (χ0n) is 20.8. The third kappa shape index (κ3) is 5.76. The van der Waals surface area contributed by atoms with Crippen LogP contribution in [0.2, 0.25) is 0 Å². The van der Waals surface area contributed by atoms with E-state index in [1.807, 2.05) is 12.1 Å². The molecule has 4 heterocycles. The molecule has 0 aromatic heterocycles. The summed E-state index contributed by atoms with van der Waals surface area (Å²) in [7, 11) is 0. The third-order valence-corrected chi connectivity index (χ3v) is 8.27. The largest absolute Gasteiger partial charge is 0.322 e. The monoisotopic (exact) mass is 481 g/mol. The molecule has 0 saturated carbocycles. The van der Waals surface area contributed by atoms with Gasteiger partial charge >= 0.3 is 0 Å². The minimum Gasteiger partial charge on any atom is -0.322 e. The first-order valence-electron chi connectivity index (χ1n) is 13.5. The summed E-state index contributed by atoms with van der Waals surface area (Å²) in [5, 5.41) is 5.91. The fourth-order valence-electron chi connectivity index (χ4n) is 6.15. The number of hydrogen-bond donors (Lipinski definition) is 2. The number of nitrogens with zero attached hydrogens (tertiary/aromatic N) is 3. The molecule has 0 spiro atoms. The molecular formula is C27H39N5O3. The fraction of sp³-hybridized carbons (Fsp3) is 0.667. The molecule has 190 valence electrons. The quantitative estimate of drug-likeness (QED) is 0.435. The lowest BCUT2D eigenvalue weighted by molar-refractivity contribution is -0.136. The van der Waals surface area contributed by atoms with Gasteiger partial charge in [0.25, 0.3) is 5.91 Å². The molecule has 3 saturated heterocycles. The number of unbranched alkanes of at least 4 members (excludes halogenated alkanes) is 1. The van der Waals surface area contributed by atoms with Gasteiger partial charge in [-0.15, -0.1) is 0 Å². The van der Waals surface area contributed by atoms with Crippen LogP contribution in [0.15, 0.2) is 18.2 Å². The van der Waals surface area contributed by atoms with E-state index in [0.29, 0.717) is 18.5 Å². The Bertz CT molecular complexity index is 937. The molecule has 4 aliphatic heterocycles. The summed E-state index contributed by atoms with van der Waals surface area (Å²) >= 11 is 0. The number of amides is 3.